The molecule has 1 aliphatic heterocycles. The maximum absolute atomic E-state index is 12.1. The smallest absolute Gasteiger partial charge is 0.475 e. The molecule has 1 N–H and O–H groups in total. The van der Waals surface area contributed by atoms with Gasteiger partial charge in [-0.25, -0.2) is 4.79 Å². The van der Waals surface area contributed by atoms with Gasteiger partial charge in [-0.1, -0.05) is 43.3 Å². The number of carbonyl (C=O) groups is 2. The number of hydrogen-bond donors (Lipinski definition) is 1. The van der Waals surface area contributed by atoms with Gasteiger partial charge in [0.15, 0.2) is 0 Å². The number of benzene rings is 1. The van der Waals surface area contributed by atoms with Crippen molar-refractivity contribution in [2.75, 3.05) is 13.1 Å². The molecular weight excluding hydrogens is 425 g/mol. The minimum atomic E-state index is -5.08. The number of carboxylic acid groups (broad SMARTS) is 1. The highest BCUT2D eigenvalue weighted by Gasteiger charge is 2.38. The third-order valence-electron chi connectivity index (χ3n) is 5.07. The van der Waals surface area contributed by atoms with E-state index in [1.54, 1.807) is 6.20 Å². The molecule has 1 aliphatic rings. The molecule has 174 valence electrons. The van der Waals surface area contributed by atoms with Crippen LogP contribution in [0.5, 0.6) is 0 Å². The molecule has 1 fully saturated rings. The number of piperidine rings is 1. The molecule has 0 saturated carbocycles. The fourth-order valence-electron chi connectivity index (χ4n) is 3.47. The molecule has 2 atom stereocenters. The number of halogens is 3. The summed E-state index contributed by atoms with van der Waals surface area (Å²) in [6, 6.07) is 16.3. The van der Waals surface area contributed by atoms with Crippen molar-refractivity contribution in [2.45, 2.75) is 45.1 Å². The van der Waals surface area contributed by atoms with Crippen molar-refractivity contribution in [3.05, 3.63) is 66.0 Å². The molecule has 1 aromatic heterocycles. The van der Waals surface area contributed by atoms with Crippen molar-refractivity contribution < 1.29 is 32.6 Å². The number of pyridine rings is 1. The van der Waals surface area contributed by atoms with E-state index in [2.05, 4.69) is 29.2 Å². The number of ether oxygens (including phenoxy) is 1. The summed E-state index contributed by atoms with van der Waals surface area (Å²) < 4.78 is 38.0. The SMILES string of the molecule is CCC(=O)N1CC[C@@H](OCc2ccccn2)[C@@H](Cc2ccccc2)C1.O=C(O)C(F)(F)F. The predicted octanol–water partition coefficient (Wildman–Crippen LogP) is 4.10. The lowest BCUT2D eigenvalue weighted by Crippen LogP contribution is -2.47. The normalized spacial score (nSPS) is 18.4. The molecule has 0 spiro atoms. The minimum Gasteiger partial charge on any atom is -0.475 e. The largest absolute Gasteiger partial charge is 0.490 e. The number of carbonyl (C=O) groups excluding carboxylic acids is 1. The van der Waals surface area contributed by atoms with Gasteiger partial charge in [0.1, 0.15) is 0 Å². The van der Waals surface area contributed by atoms with E-state index in [4.69, 9.17) is 14.6 Å². The fourth-order valence-corrected chi connectivity index (χ4v) is 3.47. The Kier molecular flexibility index (Phi) is 9.64. The van der Waals surface area contributed by atoms with Crippen LogP contribution in [0.1, 0.15) is 31.0 Å². The van der Waals surface area contributed by atoms with Gasteiger partial charge >= 0.3 is 12.1 Å². The maximum atomic E-state index is 12.1. The van der Waals surface area contributed by atoms with Gasteiger partial charge in [0.25, 0.3) is 0 Å². The van der Waals surface area contributed by atoms with Crippen LogP contribution in [0.15, 0.2) is 54.7 Å². The van der Waals surface area contributed by atoms with Crippen molar-refractivity contribution in [2.24, 2.45) is 5.92 Å². The molecule has 1 saturated heterocycles. The van der Waals surface area contributed by atoms with E-state index in [-0.39, 0.29) is 12.0 Å². The first-order valence-electron chi connectivity index (χ1n) is 10.3. The van der Waals surface area contributed by atoms with E-state index < -0.39 is 12.1 Å². The highest BCUT2D eigenvalue weighted by molar-refractivity contribution is 5.76. The molecule has 9 heteroatoms. The average molecular weight is 452 g/mol. The van der Waals surface area contributed by atoms with Crippen molar-refractivity contribution in [3.63, 3.8) is 0 Å². The number of aliphatic carboxylic acids is 1. The third kappa shape index (κ3) is 8.30. The summed E-state index contributed by atoms with van der Waals surface area (Å²) >= 11 is 0. The summed E-state index contributed by atoms with van der Waals surface area (Å²) in [5.74, 6) is -2.20. The van der Waals surface area contributed by atoms with Crippen LogP contribution in [0.4, 0.5) is 13.2 Å². The number of hydrogen-bond acceptors (Lipinski definition) is 4. The van der Waals surface area contributed by atoms with Gasteiger partial charge in [-0.2, -0.15) is 13.2 Å². The molecule has 0 radical (unpaired) electrons. The average Bonchev–Trinajstić information content (AvgIpc) is 2.79. The number of carboxylic acids is 1. The van der Waals surface area contributed by atoms with E-state index in [9.17, 15) is 18.0 Å². The molecule has 3 rings (SSSR count). The third-order valence-corrected chi connectivity index (χ3v) is 5.07. The van der Waals surface area contributed by atoms with Gasteiger partial charge in [-0.3, -0.25) is 9.78 Å². The maximum Gasteiger partial charge on any atom is 0.490 e. The highest BCUT2D eigenvalue weighted by Crippen LogP contribution is 2.25. The van der Waals surface area contributed by atoms with Gasteiger partial charge in [0.2, 0.25) is 5.91 Å². The monoisotopic (exact) mass is 452 g/mol. The lowest BCUT2D eigenvalue weighted by atomic mass is 9.88. The Bertz CT molecular complexity index is 847. The summed E-state index contributed by atoms with van der Waals surface area (Å²) in [5.41, 5.74) is 2.25. The Morgan fingerprint density at radius 2 is 1.81 bits per heavy atom. The molecule has 0 bridgehead atoms. The molecule has 0 unspecified atom stereocenters. The first-order valence-corrected chi connectivity index (χ1v) is 10.3. The second kappa shape index (κ2) is 12.2. The lowest BCUT2D eigenvalue weighted by Gasteiger charge is -2.38. The van der Waals surface area contributed by atoms with Crippen LogP contribution in [0.3, 0.4) is 0 Å². The Hall–Kier alpha value is -2.94. The lowest BCUT2D eigenvalue weighted by molar-refractivity contribution is -0.192. The first-order chi connectivity index (χ1) is 15.2. The quantitative estimate of drug-likeness (QED) is 0.714. The Morgan fingerprint density at radius 3 is 2.38 bits per heavy atom. The van der Waals surface area contributed by atoms with Gasteiger partial charge in [0.05, 0.1) is 18.4 Å². The molecule has 1 aromatic carbocycles. The van der Waals surface area contributed by atoms with Crippen LogP contribution >= 0.6 is 0 Å². The molecule has 2 heterocycles. The highest BCUT2D eigenvalue weighted by atomic mass is 19.4. The van der Waals surface area contributed by atoms with Crippen molar-refractivity contribution in [1.29, 1.82) is 0 Å². The zero-order valence-corrected chi connectivity index (χ0v) is 17.8. The molecular formula is C23H27F3N2O4. The molecule has 1 amide bonds. The zero-order valence-electron chi connectivity index (χ0n) is 17.8. The van der Waals surface area contributed by atoms with Gasteiger partial charge in [-0.05, 0) is 30.5 Å². The number of likely N-dealkylation sites (tertiary alicyclic amines) is 1. The van der Waals surface area contributed by atoms with Crippen LogP contribution < -0.4 is 0 Å². The second-order valence-electron chi connectivity index (χ2n) is 7.41. The van der Waals surface area contributed by atoms with Crippen molar-refractivity contribution >= 4 is 11.9 Å². The minimum absolute atomic E-state index is 0.156. The topological polar surface area (TPSA) is 79.7 Å². The summed E-state index contributed by atoms with van der Waals surface area (Å²) in [6.45, 7) is 4.01. The van der Waals surface area contributed by atoms with Crippen LogP contribution in [-0.4, -0.2) is 52.2 Å². The van der Waals surface area contributed by atoms with Crippen LogP contribution in [0.2, 0.25) is 0 Å². The standard InChI is InChI=1S/C21H26N2O2.C2HF3O2/c1-2-21(24)23-13-11-20(25-16-19-10-6-7-12-22-19)18(15-23)14-17-8-4-3-5-9-17;3-2(4,5)1(6)7/h3-10,12,18,20H,2,11,13-16H2,1H3;(H,6,7)/t18-,20+;/m0./s1. The van der Waals surface area contributed by atoms with Crippen molar-refractivity contribution in [1.82, 2.24) is 9.88 Å². The molecule has 0 aliphatic carbocycles. The van der Waals surface area contributed by atoms with Crippen LogP contribution in [-0.2, 0) is 27.4 Å². The van der Waals surface area contributed by atoms with E-state index >= 15 is 0 Å². The van der Waals surface area contributed by atoms with Crippen molar-refractivity contribution in [3.8, 4) is 0 Å². The summed E-state index contributed by atoms with van der Waals surface area (Å²) in [6.07, 6.45) is -0.750. The predicted molar refractivity (Wildman–Crippen MR) is 112 cm³/mol. The summed E-state index contributed by atoms with van der Waals surface area (Å²) in [5, 5.41) is 7.12. The number of aromatic nitrogens is 1. The van der Waals surface area contributed by atoms with Crippen LogP contribution in [0, 0.1) is 5.92 Å². The van der Waals surface area contributed by atoms with E-state index in [0.717, 1.165) is 31.6 Å². The Labute approximate surface area is 185 Å². The molecule has 2 aromatic rings. The zero-order chi connectivity index (χ0) is 23.6. The molecule has 6 nitrogen and oxygen atoms in total. The fraction of sp³-hybridized carbons (Fsp3) is 0.435. The number of amides is 1. The summed E-state index contributed by atoms with van der Waals surface area (Å²) in [4.78, 5) is 27.4. The Balaban J connectivity index is 0.000000451. The van der Waals surface area contributed by atoms with E-state index in [0.29, 0.717) is 18.9 Å². The first kappa shape index (κ1) is 25.3. The molecule has 32 heavy (non-hydrogen) atoms. The summed E-state index contributed by atoms with van der Waals surface area (Å²) in [7, 11) is 0. The number of nitrogens with zero attached hydrogens (tertiary/aromatic N) is 2. The van der Waals surface area contributed by atoms with E-state index in [1.807, 2.05) is 36.1 Å². The van der Waals surface area contributed by atoms with Gasteiger partial charge in [0, 0.05) is 31.6 Å². The number of alkyl halides is 3. The van der Waals surface area contributed by atoms with Crippen LogP contribution in [0.25, 0.3) is 0 Å². The van der Waals surface area contributed by atoms with E-state index in [1.165, 1.54) is 5.56 Å². The van der Waals surface area contributed by atoms with Gasteiger partial charge < -0.3 is 14.7 Å². The Morgan fingerprint density at radius 1 is 1.16 bits per heavy atom. The van der Waals surface area contributed by atoms with Gasteiger partial charge in [-0.15, -0.1) is 0 Å². The second-order valence-corrected chi connectivity index (χ2v) is 7.41. The number of rotatable bonds is 6.